The minimum atomic E-state index is 0.791. The van der Waals surface area contributed by atoms with Crippen LogP contribution in [-0.4, -0.2) is 6.54 Å². The van der Waals surface area contributed by atoms with Crippen LogP contribution in [0, 0.1) is 0 Å². The molecule has 15 heavy (non-hydrogen) atoms. The molecule has 0 radical (unpaired) electrons. The molecule has 0 saturated heterocycles. The van der Waals surface area contributed by atoms with Crippen LogP contribution >= 0.6 is 22.9 Å². The molecule has 3 heteroatoms. The maximum absolute atomic E-state index is 5.60. The Bertz CT molecular complexity index is 487. The second-order valence-corrected chi connectivity index (χ2v) is 4.65. The molecule has 0 bridgehead atoms. The predicted molar refractivity (Wildman–Crippen MR) is 69.9 cm³/mol. The van der Waals surface area contributed by atoms with Crippen molar-refractivity contribution in [2.45, 2.75) is 6.92 Å². The highest BCUT2D eigenvalue weighted by atomic mass is 35.5. The van der Waals surface area contributed by atoms with Gasteiger partial charge in [0.1, 0.15) is 0 Å². The summed E-state index contributed by atoms with van der Waals surface area (Å²) in [7, 11) is 0. The highest BCUT2D eigenvalue weighted by molar-refractivity contribution is 7.17. The number of benzene rings is 1. The van der Waals surface area contributed by atoms with Crippen LogP contribution in [-0.2, 0) is 0 Å². The van der Waals surface area contributed by atoms with E-state index in [1.807, 2.05) is 6.92 Å². The summed E-state index contributed by atoms with van der Waals surface area (Å²) in [6, 6.07) is 8.53. The molecule has 0 amide bonds. The van der Waals surface area contributed by atoms with Gasteiger partial charge < -0.3 is 5.32 Å². The summed E-state index contributed by atoms with van der Waals surface area (Å²) < 4.78 is 1.32. The first-order valence-corrected chi connectivity index (χ1v) is 6.08. The van der Waals surface area contributed by atoms with Crippen LogP contribution in [0.1, 0.15) is 6.92 Å². The van der Waals surface area contributed by atoms with E-state index in [9.17, 15) is 0 Å². The number of hydrogen-bond acceptors (Lipinski definition) is 2. The van der Waals surface area contributed by atoms with Crippen molar-refractivity contribution in [2.24, 2.45) is 0 Å². The van der Waals surface area contributed by atoms with Gasteiger partial charge in [0.15, 0.2) is 0 Å². The molecule has 0 aliphatic heterocycles. The third-order valence-corrected chi connectivity index (χ3v) is 3.48. The second-order valence-electron chi connectivity index (χ2n) is 3.48. The normalized spacial score (nSPS) is 12.0. The fraction of sp³-hybridized carbons (Fsp3) is 0.167. The van der Waals surface area contributed by atoms with Gasteiger partial charge in [-0.25, -0.2) is 0 Å². The number of halogens is 1. The third kappa shape index (κ3) is 2.52. The molecule has 0 aliphatic carbocycles. The van der Waals surface area contributed by atoms with Gasteiger partial charge in [0.2, 0.25) is 0 Å². The second kappa shape index (κ2) is 4.69. The van der Waals surface area contributed by atoms with Gasteiger partial charge >= 0.3 is 0 Å². The number of thiophene rings is 1. The smallest absolute Gasteiger partial charge is 0.0369 e. The fourth-order valence-electron chi connectivity index (χ4n) is 1.36. The van der Waals surface area contributed by atoms with E-state index >= 15 is 0 Å². The van der Waals surface area contributed by atoms with E-state index in [1.165, 1.54) is 10.1 Å². The molecule has 0 unspecified atom stereocenters. The average Bonchev–Trinajstić information content (AvgIpc) is 2.72. The van der Waals surface area contributed by atoms with Gasteiger partial charge in [-0.3, -0.25) is 0 Å². The average molecular weight is 238 g/mol. The van der Waals surface area contributed by atoms with E-state index in [0.717, 1.165) is 17.8 Å². The summed E-state index contributed by atoms with van der Waals surface area (Å²) in [6.45, 7) is 2.79. The Morgan fingerprint density at radius 1 is 1.47 bits per heavy atom. The van der Waals surface area contributed by atoms with Crippen molar-refractivity contribution >= 4 is 38.7 Å². The van der Waals surface area contributed by atoms with Crippen molar-refractivity contribution in [1.82, 2.24) is 0 Å². The van der Waals surface area contributed by atoms with E-state index in [-0.39, 0.29) is 0 Å². The molecule has 2 rings (SSSR count). The molecule has 0 spiro atoms. The molecular weight excluding hydrogens is 226 g/mol. The summed E-state index contributed by atoms with van der Waals surface area (Å²) in [6.07, 6.45) is 0. The van der Waals surface area contributed by atoms with E-state index in [1.54, 1.807) is 16.9 Å². The fourth-order valence-corrected chi connectivity index (χ4v) is 2.20. The highest BCUT2D eigenvalue weighted by Crippen LogP contribution is 2.23. The van der Waals surface area contributed by atoms with Crippen LogP contribution in [0.5, 0.6) is 0 Å². The number of rotatable bonds is 3. The Morgan fingerprint density at radius 3 is 3.13 bits per heavy atom. The molecular formula is C12H12ClNS. The zero-order valence-corrected chi connectivity index (χ0v) is 10.0. The zero-order valence-electron chi connectivity index (χ0n) is 8.46. The van der Waals surface area contributed by atoms with Crippen LogP contribution in [0.15, 0.2) is 40.8 Å². The lowest BCUT2D eigenvalue weighted by Gasteiger charge is -2.05. The van der Waals surface area contributed by atoms with Crippen LogP contribution in [0.3, 0.4) is 0 Å². The Hall–Kier alpha value is -0.990. The van der Waals surface area contributed by atoms with Gasteiger partial charge in [0.05, 0.1) is 0 Å². The van der Waals surface area contributed by atoms with E-state index in [0.29, 0.717) is 0 Å². The summed E-state index contributed by atoms with van der Waals surface area (Å²) in [5, 5.41) is 6.73. The van der Waals surface area contributed by atoms with Gasteiger partial charge in [-0.05, 0) is 47.5 Å². The lowest BCUT2D eigenvalue weighted by molar-refractivity contribution is 1.21. The van der Waals surface area contributed by atoms with Crippen molar-refractivity contribution in [2.75, 3.05) is 11.9 Å². The number of fused-ring (bicyclic) bond motifs is 1. The standard InChI is InChI=1S/C12H12ClNS/c1-9(7-13)8-14-11-2-3-12-10(6-11)4-5-15-12/h2-7,14H,8H2,1H3/b9-7-. The molecule has 0 fully saturated rings. The van der Waals surface area contributed by atoms with Gasteiger partial charge in [-0.1, -0.05) is 11.6 Å². The van der Waals surface area contributed by atoms with Crippen molar-refractivity contribution < 1.29 is 0 Å². The quantitative estimate of drug-likeness (QED) is 0.831. The van der Waals surface area contributed by atoms with Gasteiger partial charge in [-0.15, -0.1) is 11.3 Å². The van der Waals surface area contributed by atoms with E-state index in [2.05, 4.69) is 35.0 Å². The summed E-state index contributed by atoms with van der Waals surface area (Å²) in [5.74, 6) is 0. The molecule has 1 nitrogen and oxygen atoms in total. The minimum absolute atomic E-state index is 0.791. The Balaban J connectivity index is 2.14. The van der Waals surface area contributed by atoms with Gasteiger partial charge in [0, 0.05) is 22.5 Å². The van der Waals surface area contributed by atoms with E-state index < -0.39 is 0 Å². The lowest BCUT2D eigenvalue weighted by atomic mass is 10.2. The SMILES string of the molecule is C/C(=C/Cl)CNc1ccc2sccc2c1. The van der Waals surface area contributed by atoms with Crippen molar-refractivity contribution in [3.63, 3.8) is 0 Å². The summed E-state index contributed by atoms with van der Waals surface area (Å²) in [4.78, 5) is 0. The van der Waals surface area contributed by atoms with Crippen molar-refractivity contribution in [1.29, 1.82) is 0 Å². The van der Waals surface area contributed by atoms with Crippen LogP contribution in [0.25, 0.3) is 10.1 Å². The maximum atomic E-state index is 5.60. The molecule has 1 N–H and O–H groups in total. The first kappa shape index (κ1) is 10.5. The third-order valence-electron chi connectivity index (χ3n) is 2.21. The number of anilines is 1. The van der Waals surface area contributed by atoms with Crippen LogP contribution in [0.2, 0.25) is 0 Å². The Kier molecular flexibility index (Phi) is 3.29. The molecule has 2 aromatic rings. The molecule has 0 atom stereocenters. The monoisotopic (exact) mass is 237 g/mol. The maximum Gasteiger partial charge on any atom is 0.0369 e. The zero-order chi connectivity index (χ0) is 10.7. The van der Waals surface area contributed by atoms with E-state index in [4.69, 9.17) is 11.6 Å². The Labute approximate surface area is 98.4 Å². The highest BCUT2D eigenvalue weighted by Gasteiger charge is 1.97. The Morgan fingerprint density at radius 2 is 2.33 bits per heavy atom. The predicted octanol–water partition coefficient (Wildman–Crippen LogP) is 4.46. The number of nitrogens with one attached hydrogen (secondary N) is 1. The van der Waals surface area contributed by atoms with Crippen LogP contribution < -0.4 is 5.32 Å². The topological polar surface area (TPSA) is 12.0 Å². The minimum Gasteiger partial charge on any atom is -0.381 e. The lowest BCUT2D eigenvalue weighted by Crippen LogP contribution is -2.01. The van der Waals surface area contributed by atoms with Crippen molar-refractivity contribution in [3.05, 3.63) is 40.8 Å². The molecule has 1 aromatic carbocycles. The largest absolute Gasteiger partial charge is 0.381 e. The first-order chi connectivity index (χ1) is 7.29. The number of hydrogen-bond donors (Lipinski definition) is 1. The summed E-state index contributed by atoms with van der Waals surface area (Å²) in [5.41, 5.74) is 3.87. The van der Waals surface area contributed by atoms with Gasteiger partial charge in [-0.2, -0.15) is 0 Å². The summed E-state index contributed by atoms with van der Waals surface area (Å²) >= 11 is 7.36. The van der Waals surface area contributed by atoms with Crippen LogP contribution in [0.4, 0.5) is 5.69 Å². The van der Waals surface area contributed by atoms with Crippen molar-refractivity contribution in [3.8, 4) is 0 Å². The molecule has 1 aromatic heterocycles. The molecule has 0 aliphatic rings. The molecule has 0 saturated carbocycles. The molecule has 1 heterocycles. The first-order valence-electron chi connectivity index (χ1n) is 4.76. The van der Waals surface area contributed by atoms with Gasteiger partial charge in [0.25, 0.3) is 0 Å². The molecule has 78 valence electrons.